The van der Waals surface area contributed by atoms with Crippen LogP contribution in [0, 0.1) is 11.6 Å². The first-order valence-electron chi connectivity index (χ1n) is 6.96. The van der Waals surface area contributed by atoms with Crippen molar-refractivity contribution in [1.29, 1.82) is 0 Å². The lowest BCUT2D eigenvalue weighted by Gasteiger charge is -2.27. The zero-order valence-corrected chi connectivity index (χ0v) is 13.3. The number of benzene rings is 1. The maximum Gasteiger partial charge on any atom is 0.247 e. The van der Waals surface area contributed by atoms with Crippen molar-refractivity contribution in [1.82, 2.24) is 5.32 Å². The van der Waals surface area contributed by atoms with Gasteiger partial charge in [-0.3, -0.25) is 14.4 Å². The molecule has 0 aliphatic carbocycles. The highest BCUT2D eigenvalue weighted by atomic mass is 19.1. The van der Waals surface area contributed by atoms with Crippen molar-refractivity contribution in [3.05, 3.63) is 35.4 Å². The number of Topliss-reactive ketones (excluding diaryl/α,β-unsaturated/α-hetero) is 1. The number of amides is 2. The molecule has 1 aromatic carbocycles. The Hall–Kier alpha value is -2.39. The number of hydrogen-bond acceptors (Lipinski definition) is 5. The highest BCUT2D eigenvalue weighted by molar-refractivity contribution is 6.12. The average Bonchev–Trinajstić information content (AvgIpc) is 2.44. The summed E-state index contributed by atoms with van der Waals surface area (Å²) in [5, 5.41) is 2.31. The Labute approximate surface area is 137 Å². The molecule has 1 aromatic rings. The third-order valence-corrected chi connectivity index (χ3v) is 3.31. The molecule has 0 aromatic heterocycles. The minimum Gasteiger partial charge on any atom is -0.382 e. The van der Waals surface area contributed by atoms with Gasteiger partial charge in [-0.05, 0) is 24.6 Å². The van der Waals surface area contributed by atoms with E-state index in [1.807, 2.05) is 0 Å². The second kappa shape index (κ2) is 7.93. The highest BCUT2D eigenvalue weighted by Crippen LogP contribution is 2.10. The number of carbonyl (C=O) groups is 3. The van der Waals surface area contributed by atoms with Crippen molar-refractivity contribution in [2.24, 2.45) is 11.5 Å². The van der Waals surface area contributed by atoms with Gasteiger partial charge in [0.2, 0.25) is 11.8 Å². The number of rotatable bonds is 8. The Bertz CT molecular complexity index is 633. The second-order valence-electron chi connectivity index (χ2n) is 5.38. The zero-order valence-electron chi connectivity index (χ0n) is 13.3. The largest absolute Gasteiger partial charge is 0.382 e. The third-order valence-electron chi connectivity index (χ3n) is 3.31. The minimum absolute atomic E-state index is 0.0930. The summed E-state index contributed by atoms with van der Waals surface area (Å²) in [6.07, 6.45) is -0.356. The molecule has 5 N–H and O–H groups in total. The van der Waals surface area contributed by atoms with Crippen molar-refractivity contribution >= 4 is 17.6 Å². The average molecular weight is 343 g/mol. The van der Waals surface area contributed by atoms with Crippen LogP contribution in [0.15, 0.2) is 18.2 Å². The van der Waals surface area contributed by atoms with Crippen LogP contribution in [0.4, 0.5) is 8.78 Å². The zero-order chi connectivity index (χ0) is 18.5. The lowest BCUT2D eigenvalue weighted by Crippen LogP contribution is -2.65. The molecule has 7 nitrogen and oxygen atoms in total. The van der Waals surface area contributed by atoms with E-state index < -0.39 is 47.4 Å². The molecule has 0 fully saturated rings. The van der Waals surface area contributed by atoms with E-state index in [1.165, 1.54) is 14.0 Å². The van der Waals surface area contributed by atoms with Gasteiger partial charge in [0.15, 0.2) is 11.3 Å². The van der Waals surface area contributed by atoms with Gasteiger partial charge in [-0.15, -0.1) is 0 Å². The lowest BCUT2D eigenvalue weighted by atomic mass is 9.90. The number of ether oxygens (including phenoxy) is 1. The minimum atomic E-state index is -2.09. The van der Waals surface area contributed by atoms with E-state index in [9.17, 15) is 23.2 Å². The molecule has 0 spiro atoms. The first-order chi connectivity index (χ1) is 11.1. The first-order valence-corrected chi connectivity index (χ1v) is 6.96. The molecule has 2 amide bonds. The summed E-state index contributed by atoms with van der Waals surface area (Å²) in [6.45, 7) is 0.864. The van der Waals surface area contributed by atoms with E-state index in [0.29, 0.717) is 6.07 Å². The molecule has 0 heterocycles. The molecule has 24 heavy (non-hydrogen) atoms. The Morgan fingerprint density at radius 1 is 1.25 bits per heavy atom. The van der Waals surface area contributed by atoms with Gasteiger partial charge >= 0.3 is 0 Å². The Morgan fingerprint density at radius 2 is 1.79 bits per heavy atom. The molecular weight excluding hydrogens is 324 g/mol. The summed E-state index contributed by atoms with van der Waals surface area (Å²) < 4.78 is 30.9. The van der Waals surface area contributed by atoms with Crippen molar-refractivity contribution < 1.29 is 27.9 Å². The molecule has 2 atom stereocenters. The normalized spacial score (nSPS) is 14.5. The van der Waals surface area contributed by atoms with Crippen LogP contribution in [0.2, 0.25) is 0 Å². The first kappa shape index (κ1) is 19.7. The van der Waals surface area contributed by atoms with Gasteiger partial charge in [0.05, 0.1) is 19.1 Å². The van der Waals surface area contributed by atoms with Crippen LogP contribution in [0.1, 0.15) is 12.5 Å². The number of primary amides is 1. The molecule has 1 rings (SSSR count). The van der Waals surface area contributed by atoms with Gasteiger partial charge in [0.25, 0.3) is 0 Å². The Morgan fingerprint density at radius 3 is 2.25 bits per heavy atom. The molecular formula is C15H19F2N3O4. The summed E-state index contributed by atoms with van der Waals surface area (Å²) in [7, 11) is 1.24. The standard InChI is InChI=1S/C15H19F2N3O4/c1-8(13(22)15(19,7-24-2)14(18)23)20-12(21)5-9-3-10(16)6-11(17)4-9/h3-4,6,8H,5,7,19H2,1-2H3,(H2,18,23)(H,20,21)/t8-,15?/m0/s1. The summed E-state index contributed by atoms with van der Waals surface area (Å²) in [5.41, 5.74) is 8.79. The fourth-order valence-electron chi connectivity index (χ4n) is 2.13. The van der Waals surface area contributed by atoms with E-state index in [2.05, 4.69) is 5.32 Å². The predicted octanol–water partition coefficient (Wildman–Crippen LogP) is -0.590. The van der Waals surface area contributed by atoms with Crippen LogP contribution in [-0.4, -0.2) is 42.9 Å². The van der Waals surface area contributed by atoms with Crippen molar-refractivity contribution in [3.63, 3.8) is 0 Å². The molecule has 9 heteroatoms. The van der Waals surface area contributed by atoms with Crippen molar-refractivity contribution in [2.75, 3.05) is 13.7 Å². The molecule has 132 valence electrons. The summed E-state index contributed by atoms with van der Waals surface area (Å²) in [6, 6.07) is 1.52. The number of ketones is 1. The Kier molecular flexibility index (Phi) is 6.50. The summed E-state index contributed by atoms with van der Waals surface area (Å²) in [4.78, 5) is 35.6. The number of nitrogens with two attached hydrogens (primary N) is 2. The van der Waals surface area contributed by atoms with Crippen LogP contribution in [0.3, 0.4) is 0 Å². The van der Waals surface area contributed by atoms with Crippen LogP contribution in [0.25, 0.3) is 0 Å². The van der Waals surface area contributed by atoms with Crippen LogP contribution < -0.4 is 16.8 Å². The second-order valence-corrected chi connectivity index (χ2v) is 5.38. The van der Waals surface area contributed by atoms with Crippen LogP contribution in [0.5, 0.6) is 0 Å². The van der Waals surface area contributed by atoms with E-state index in [-0.39, 0.29) is 12.0 Å². The van der Waals surface area contributed by atoms with Gasteiger partial charge in [0.1, 0.15) is 11.6 Å². The van der Waals surface area contributed by atoms with Gasteiger partial charge in [-0.2, -0.15) is 0 Å². The van der Waals surface area contributed by atoms with Crippen molar-refractivity contribution in [2.45, 2.75) is 24.9 Å². The van der Waals surface area contributed by atoms with E-state index >= 15 is 0 Å². The fraction of sp³-hybridized carbons (Fsp3) is 0.400. The molecule has 0 aliphatic heterocycles. The monoisotopic (exact) mass is 343 g/mol. The van der Waals surface area contributed by atoms with Gasteiger partial charge in [0, 0.05) is 13.2 Å². The van der Waals surface area contributed by atoms with Gasteiger partial charge < -0.3 is 21.5 Å². The summed E-state index contributed by atoms with van der Waals surface area (Å²) in [5.74, 6) is -4.25. The van der Waals surface area contributed by atoms with Crippen LogP contribution in [-0.2, 0) is 25.5 Å². The summed E-state index contributed by atoms with van der Waals surface area (Å²) >= 11 is 0. The number of nitrogens with one attached hydrogen (secondary N) is 1. The van der Waals surface area contributed by atoms with E-state index in [0.717, 1.165) is 12.1 Å². The Balaban J connectivity index is 2.78. The fourth-order valence-corrected chi connectivity index (χ4v) is 2.13. The van der Waals surface area contributed by atoms with Gasteiger partial charge in [-0.25, -0.2) is 8.78 Å². The van der Waals surface area contributed by atoms with E-state index in [4.69, 9.17) is 16.2 Å². The molecule has 1 unspecified atom stereocenters. The molecule has 0 saturated heterocycles. The number of hydrogen-bond donors (Lipinski definition) is 3. The molecule has 0 radical (unpaired) electrons. The van der Waals surface area contributed by atoms with Crippen molar-refractivity contribution in [3.8, 4) is 0 Å². The quantitative estimate of drug-likeness (QED) is 0.544. The topological polar surface area (TPSA) is 125 Å². The molecule has 0 saturated carbocycles. The SMILES string of the molecule is COCC(N)(C(N)=O)C(=O)[C@H](C)NC(=O)Cc1cc(F)cc(F)c1. The lowest BCUT2D eigenvalue weighted by molar-refractivity contribution is -0.139. The molecule has 0 bridgehead atoms. The maximum atomic E-state index is 13.1. The number of carbonyl (C=O) groups excluding carboxylic acids is 3. The molecule has 0 aliphatic rings. The highest BCUT2D eigenvalue weighted by Gasteiger charge is 2.43. The smallest absolute Gasteiger partial charge is 0.247 e. The third kappa shape index (κ3) is 4.80. The number of methoxy groups -OCH3 is 1. The van der Waals surface area contributed by atoms with Crippen LogP contribution >= 0.6 is 0 Å². The maximum absolute atomic E-state index is 13.1. The van der Waals surface area contributed by atoms with E-state index in [1.54, 1.807) is 0 Å². The predicted molar refractivity (Wildman–Crippen MR) is 80.7 cm³/mol. The number of halogens is 2. The van der Waals surface area contributed by atoms with Gasteiger partial charge in [-0.1, -0.05) is 0 Å².